The molecule has 0 aromatic rings. The fraction of sp³-hybridized carbons (Fsp3) is 0.923. The molecule has 5 nitrogen and oxygen atoms in total. The molecule has 1 aliphatic heterocycles. The summed E-state index contributed by atoms with van der Waals surface area (Å²) in [6.07, 6.45) is 3.07. The zero-order chi connectivity index (χ0) is 13.6. The van der Waals surface area contributed by atoms with Crippen molar-refractivity contribution in [3.05, 3.63) is 0 Å². The van der Waals surface area contributed by atoms with E-state index in [9.17, 15) is 0 Å². The van der Waals surface area contributed by atoms with Gasteiger partial charge >= 0.3 is 0 Å². The van der Waals surface area contributed by atoms with Gasteiger partial charge in [-0.3, -0.25) is 4.99 Å². The average molecular weight is 256 g/mol. The standard InChI is InChI=1S/C13H28N4O/c1-5-11(2)16-12(14)15-10-13(17(3)4)6-8-18-9-7-13/h11H,5-10H2,1-4H3,(H3,14,15,16). The van der Waals surface area contributed by atoms with Gasteiger partial charge in [0.15, 0.2) is 5.96 Å². The highest BCUT2D eigenvalue weighted by Crippen LogP contribution is 2.26. The smallest absolute Gasteiger partial charge is 0.188 e. The van der Waals surface area contributed by atoms with E-state index in [1.807, 2.05) is 0 Å². The summed E-state index contributed by atoms with van der Waals surface area (Å²) in [7, 11) is 4.22. The van der Waals surface area contributed by atoms with E-state index < -0.39 is 0 Å². The highest BCUT2D eigenvalue weighted by Gasteiger charge is 2.34. The van der Waals surface area contributed by atoms with E-state index in [0.717, 1.165) is 39.0 Å². The van der Waals surface area contributed by atoms with Crippen molar-refractivity contribution in [1.82, 2.24) is 10.2 Å². The maximum Gasteiger partial charge on any atom is 0.188 e. The quantitative estimate of drug-likeness (QED) is 0.564. The van der Waals surface area contributed by atoms with E-state index >= 15 is 0 Å². The van der Waals surface area contributed by atoms with Crippen LogP contribution in [0.5, 0.6) is 0 Å². The van der Waals surface area contributed by atoms with Crippen LogP contribution in [0.4, 0.5) is 0 Å². The number of aliphatic imine (C=N–C) groups is 1. The molecule has 1 heterocycles. The lowest BCUT2D eigenvalue weighted by Gasteiger charge is -2.41. The number of nitrogens with zero attached hydrogens (tertiary/aromatic N) is 2. The number of nitrogens with one attached hydrogen (secondary N) is 1. The molecular weight excluding hydrogens is 228 g/mol. The van der Waals surface area contributed by atoms with Crippen molar-refractivity contribution in [2.45, 2.75) is 44.7 Å². The van der Waals surface area contributed by atoms with Gasteiger partial charge < -0.3 is 20.7 Å². The number of hydrogen-bond acceptors (Lipinski definition) is 3. The summed E-state index contributed by atoms with van der Waals surface area (Å²) >= 11 is 0. The Morgan fingerprint density at radius 1 is 1.44 bits per heavy atom. The Labute approximate surface area is 111 Å². The largest absolute Gasteiger partial charge is 0.381 e. The molecule has 1 fully saturated rings. The molecule has 0 aromatic heterocycles. The first kappa shape index (κ1) is 15.2. The zero-order valence-corrected chi connectivity index (χ0v) is 12.2. The lowest BCUT2D eigenvalue weighted by Crippen LogP contribution is -2.51. The Balaban J connectivity index is 2.58. The predicted molar refractivity (Wildman–Crippen MR) is 75.8 cm³/mol. The van der Waals surface area contributed by atoms with Crippen molar-refractivity contribution in [1.29, 1.82) is 0 Å². The summed E-state index contributed by atoms with van der Waals surface area (Å²) in [6.45, 7) is 6.60. The van der Waals surface area contributed by atoms with Crippen LogP contribution in [0.1, 0.15) is 33.1 Å². The van der Waals surface area contributed by atoms with E-state index in [4.69, 9.17) is 10.5 Å². The van der Waals surface area contributed by atoms with Gasteiger partial charge in [-0.25, -0.2) is 0 Å². The van der Waals surface area contributed by atoms with E-state index in [1.54, 1.807) is 0 Å². The first-order chi connectivity index (χ1) is 8.50. The maximum atomic E-state index is 5.92. The van der Waals surface area contributed by atoms with Gasteiger partial charge in [-0.2, -0.15) is 0 Å². The molecule has 1 unspecified atom stereocenters. The van der Waals surface area contributed by atoms with Crippen LogP contribution < -0.4 is 11.1 Å². The van der Waals surface area contributed by atoms with Gasteiger partial charge in [0.05, 0.1) is 6.54 Å². The van der Waals surface area contributed by atoms with Crippen LogP contribution in [0.2, 0.25) is 0 Å². The molecule has 1 saturated heterocycles. The minimum absolute atomic E-state index is 0.0972. The van der Waals surface area contributed by atoms with E-state index in [-0.39, 0.29) is 5.54 Å². The van der Waals surface area contributed by atoms with Gasteiger partial charge in [-0.1, -0.05) is 6.92 Å². The van der Waals surface area contributed by atoms with Crippen LogP contribution in [0.3, 0.4) is 0 Å². The van der Waals surface area contributed by atoms with E-state index in [1.165, 1.54) is 0 Å². The Morgan fingerprint density at radius 3 is 2.56 bits per heavy atom. The second-order valence-corrected chi connectivity index (χ2v) is 5.39. The molecule has 0 aliphatic carbocycles. The Bertz CT molecular complexity index is 272. The molecule has 0 radical (unpaired) electrons. The normalized spacial score (nSPS) is 21.9. The third-order valence-electron chi connectivity index (χ3n) is 3.92. The Hall–Kier alpha value is -0.810. The molecule has 3 N–H and O–H groups in total. The van der Waals surface area contributed by atoms with Crippen LogP contribution in [-0.4, -0.2) is 56.3 Å². The predicted octanol–water partition coefficient (Wildman–Crippen LogP) is 0.800. The van der Waals surface area contributed by atoms with Crippen molar-refractivity contribution < 1.29 is 4.74 Å². The molecular formula is C13H28N4O. The fourth-order valence-electron chi connectivity index (χ4n) is 2.13. The number of guanidine groups is 1. The van der Waals surface area contributed by atoms with Crippen molar-refractivity contribution in [3.63, 3.8) is 0 Å². The van der Waals surface area contributed by atoms with Crippen LogP contribution in [0, 0.1) is 0 Å². The van der Waals surface area contributed by atoms with Crippen LogP contribution >= 0.6 is 0 Å². The first-order valence-electron chi connectivity index (χ1n) is 6.82. The van der Waals surface area contributed by atoms with Crippen LogP contribution in [0.25, 0.3) is 0 Å². The third-order valence-corrected chi connectivity index (χ3v) is 3.92. The highest BCUT2D eigenvalue weighted by molar-refractivity contribution is 5.78. The van der Waals surface area contributed by atoms with Gasteiger partial charge in [-0.15, -0.1) is 0 Å². The first-order valence-corrected chi connectivity index (χ1v) is 6.82. The van der Waals surface area contributed by atoms with Crippen molar-refractivity contribution in [3.8, 4) is 0 Å². The molecule has 106 valence electrons. The molecule has 5 heteroatoms. The summed E-state index contributed by atoms with van der Waals surface area (Å²) in [5.41, 5.74) is 6.01. The van der Waals surface area contributed by atoms with E-state index in [2.05, 4.69) is 43.2 Å². The number of rotatable bonds is 5. The van der Waals surface area contributed by atoms with Gasteiger partial charge in [0.1, 0.15) is 0 Å². The Morgan fingerprint density at radius 2 is 2.06 bits per heavy atom. The van der Waals surface area contributed by atoms with Gasteiger partial charge in [0.25, 0.3) is 0 Å². The molecule has 1 atom stereocenters. The van der Waals surface area contributed by atoms with Crippen molar-refractivity contribution >= 4 is 5.96 Å². The monoisotopic (exact) mass is 256 g/mol. The average Bonchev–Trinajstić information content (AvgIpc) is 2.37. The highest BCUT2D eigenvalue weighted by atomic mass is 16.5. The number of likely N-dealkylation sites (N-methyl/N-ethyl adjacent to an activating group) is 1. The summed E-state index contributed by atoms with van der Waals surface area (Å²) < 4.78 is 5.44. The van der Waals surface area contributed by atoms with Crippen LogP contribution in [0.15, 0.2) is 4.99 Å². The molecule has 0 amide bonds. The SMILES string of the molecule is CCC(C)NC(N)=NCC1(N(C)C)CCOCC1. The van der Waals surface area contributed by atoms with Crippen molar-refractivity contribution in [2.75, 3.05) is 33.9 Å². The fourth-order valence-corrected chi connectivity index (χ4v) is 2.13. The third kappa shape index (κ3) is 4.14. The van der Waals surface area contributed by atoms with Gasteiger partial charge in [0.2, 0.25) is 0 Å². The summed E-state index contributed by atoms with van der Waals surface area (Å²) in [5, 5.41) is 3.20. The van der Waals surface area contributed by atoms with Gasteiger partial charge in [-0.05, 0) is 40.3 Å². The van der Waals surface area contributed by atoms with Crippen molar-refractivity contribution in [2.24, 2.45) is 10.7 Å². The molecule has 1 rings (SSSR count). The molecule has 18 heavy (non-hydrogen) atoms. The number of nitrogens with two attached hydrogens (primary N) is 1. The lowest BCUT2D eigenvalue weighted by molar-refractivity contribution is -0.00253. The molecule has 0 aromatic carbocycles. The minimum atomic E-state index is 0.0972. The molecule has 0 bridgehead atoms. The minimum Gasteiger partial charge on any atom is -0.381 e. The second kappa shape index (κ2) is 6.95. The maximum absolute atomic E-state index is 5.92. The molecule has 0 spiro atoms. The van der Waals surface area contributed by atoms with E-state index in [0.29, 0.717) is 12.0 Å². The van der Waals surface area contributed by atoms with Crippen LogP contribution in [-0.2, 0) is 4.74 Å². The molecule has 0 saturated carbocycles. The second-order valence-electron chi connectivity index (χ2n) is 5.39. The topological polar surface area (TPSA) is 62.9 Å². The molecule has 1 aliphatic rings. The summed E-state index contributed by atoms with van der Waals surface area (Å²) in [5.74, 6) is 0.553. The summed E-state index contributed by atoms with van der Waals surface area (Å²) in [6, 6.07) is 0.374. The summed E-state index contributed by atoms with van der Waals surface area (Å²) in [4.78, 5) is 6.77. The number of ether oxygens (including phenoxy) is 1. The lowest BCUT2D eigenvalue weighted by atomic mass is 9.89. The zero-order valence-electron chi connectivity index (χ0n) is 12.2. The van der Waals surface area contributed by atoms with Gasteiger partial charge in [0, 0.05) is 24.8 Å². The Kier molecular flexibility index (Phi) is 5.88. The number of hydrogen-bond donors (Lipinski definition) is 2.